The third-order valence-corrected chi connectivity index (χ3v) is 9.41. The quantitative estimate of drug-likeness (QED) is 0.221. The predicted molar refractivity (Wildman–Crippen MR) is 164 cm³/mol. The van der Waals surface area contributed by atoms with Gasteiger partial charge in [0.05, 0.1) is 10.6 Å². The summed E-state index contributed by atoms with van der Waals surface area (Å²) in [5, 5.41) is 3.52. The lowest BCUT2D eigenvalue weighted by Crippen LogP contribution is -2.51. The number of hydrogen-bond acceptors (Lipinski definition) is 4. The number of amides is 2. The van der Waals surface area contributed by atoms with Crippen LogP contribution in [0.5, 0.6) is 0 Å². The molecule has 0 fully saturated rings. The molecule has 0 saturated heterocycles. The molecule has 0 saturated carbocycles. The number of nitrogens with zero attached hydrogens (tertiary/aromatic N) is 2. The number of carbonyl (C=O) groups excluding carboxylic acids is 2. The van der Waals surface area contributed by atoms with Crippen molar-refractivity contribution in [3.63, 3.8) is 0 Å². The maximum Gasteiger partial charge on any atom is 0.264 e. The van der Waals surface area contributed by atoms with Crippen molar-refractivity contribution in [2.24, 2.45) is 0 Å². The standard InChI is InChI=1S/C29H32BrCl2N3O4S/c1-4-5-17-33-29(37)21(3)34(18-25-26(31)7-6-8-27(25)32)28(36)19-35(23-13-11-22(30)12-14-23)40(38,39)24-15-9-20(2)10-16-24/h6-16,21H,4-5,17-19H2,1-3H3,(H,33,37)/t21-/m1/s1. The lowest BCUT2D eigenvalue weighted by molar-refractivity contribution is -0.139. The Labute approximate surface area is 254 Å². The minimum atomic E-state index is -4.15. The lowest BCUT2D eigenvalue weighted by atomic mass is 10.1. The molecule has 1 atom stereocenters. The van der Waals surface area contributed by atoms with Crippen molar-refractivity contribution in [1.29, 1.82) is 0 Å². The third kappa shape index (κ3) is 8.00. The Kier molecular flexibility index (Phi) is 11.5. The normalized spacial score (nSPS) is 12.1. The number of unbranched alkanes of at least 4 members (excludes halogenated alkanes) is 1. The molecule has 0 unspecified atom stereocenters. The molecule has 0 spiro atoms. The van der Waals surface area contributed by atoms with Gasteiger partial charge in [-0.05, 0) is 68.8 Å². The molecule has 3 aromatic rings. The molecule has 3 aromatic carbocycles. The average molecular weight is 669 g/mol. The zero-order valence-corrected chi connectivity index (χ0v) is 26.4. The molecule has 0 heterocycles. The number of aryl methyl sites for hydroxylation is 1. The van der Waals surface area contributed by atoms with Crippen LogP contribution in [-0.4, -0.2) is 44.3 Å². The van der Waals surface area contributed by atoms with Gasteiger partial charge in [0.2, 0.25) is 11.8 Å². The van der Waals surface area contributed by atoms with E-state index in [0.29, 0.717) is 27.8 Å². The number of halogens is 3. The third-order valence-electron chi connectivity index (χ3n) is 6.39. The molecule has 0 aromatic heterocycles. The summed E-state index contributed by atoms with van der Waals surface area (Å²) in [7, 11) is -4.15. The van der Waals surface area contributed by atoms with E-state index < -0.39 is 28.5 Å². The first-order valence-electron chi connectivity index (χ1n) is 12.8. The average Bonchev–Trinajstić information content (AvgIpc) is 2.92. The molecule has 214 valence electrons. The van der Waals surface area contributed by atoms with Gasteiger partial charge in [0.1, 0.15) is 12.6 Å². The summed E-state index contributed by atoms with van der Waals surface area (Å²) in [6, 6.07) is 17.1. The van der Waals surface area contributed by atoms with Gasteiger partial charge in [0, 0.05) is 33.2 Å². The van der Waals surface area contributed by atoms with Crippen molar-refractivity contribution in [1.82, 2.24) is 10.2 Å². The van der Waals surface area contributed by atoms with Crippen molar-refractivity contribution in [3.05, 3.63) is 92.4 Å². The monoisotopic (exact) mass is 667 g/mol. The van der Waals surface area contributed by atoms with E-state index in [1.54, 1.807) is 61.5 Å². The second-order valence-corrected chi connectivity index (χ2v) is 12.9. The van der Waals surface area contributed by atoms with E-state index in [1.165, 1.54) is 17.0 Å². The Morgan fingerprint density at radius 3 is 2.15 bits per heavy atom. The fourth-order valence-corrected chi connectivity index (χ4v) is 6.14. The van der Waals surface area contributed by atoms with E-state index in [0.717, 1.165) is 27.2 Å². The van der Waals surface area contributed by atoms with Crippen LogP contribution in [0.1, 0.15) is 37.8 Å². The maximum atomic E-state index is 14.0. The minimum Gasteiger partial charge on any atom is -0.354 e. The van der Waals surface area contributed by atoms with Gasteiger partial charge in [-0.15, -0.1) is 0 Å². The largest absolute Gasteiger partial charge is 0.354 e. The molecule has 0 radical (unpaired) electrons. The van der Waals surface area contributed by atoms with Gasteiger partial charge in [-0.1, -0.05) is 76.2 Å². The molecule has 3 rings (SSSR count). The van der Waals surface area contributed by atoms with Gasteiger partial charge in [0.15, 0.2) is 0 Å². The molecule has 0 bridgehead atoms. The van der Waals surface area contributed by atoms with Crippen LogP contribution in [0.3, 0.4) is 0 Å². The SMILES string of the molecule is CCCCNC(=O)[C@@H](C)N(Cc1c(Cl)cccc1Cl)C(=O)CN(c1ccc(Br)cc1)S(=O)(=O)c1ccc(C)cc1. The van der Waals surface area contributed by atoms with E-state index in [9.17, 15) is 18.0 Å². The number of anilines is 1. The number of sulfonamides is 1. The van der Waals surface area contributed by atoms with Crippen LogP contribution in [0.25, 0.3) is 0 Å². The molecular formula is C29H32BrCl2N3O4S. The first-order chi connectivity index (χ1) is 18.9. The molecule has 0 aliphatic heterocycles. The van der Waals surface area contributed by atoms with E-state index in [4.69, 9.17) is 23.2 Å². The van der Waals surface area contributed by atoms with E-state index >= 15 is 0 Å². The number of rotatable bonds is 12. The first kappa shape index (κ1) is 31.9. The van der Waals surface area contributed by atoms with Crippen LogP contribution < -0.4 is 9.62 Å². The van der Waals surface area contributed by atoms with Crippen LogP contribution in [0.2, 0.25) is 10.0 Å². The molecule has 40 heavy (non-hydrogen) atoms. The highest BCUT2D eigenvalue weighted by Crippen LogP contribution is 2.29. The predicted octanol–water partition coefficient (Wildman–Crippen LogP) is 6.59. The fraction of sp³-hybridized carbons (Fsp3) is 0.310. The maximum absolute atomic E-state index is 14.0. The first-order valence-corrected chi connectivity index (χ1v) is 15.8. The Balaban J connectivity index is 2.03. The summed E-state index contributed by atoms with van der Waals surface area (Å²) in [5.74, 6) is -0.950. The number of benzene rings is 3. The lowest BCUT2D eigenvalue weighted by Gasteiger charge is -2.32. The highest BCUT2D eigenvalue weighted by atomic mass is 79.9. The summed E-state index contributed by atoms with van der Waals surface area (Å²) >= 11 is 16.2. The van der Waals surface area contributed by atoms with Gasteiger partial charge in [-0.25, -0.2) is 8.42 Å². The summed E-state index contributed by atoms with van der Waals surface area (Å²) in [5.41, 5.74) is 1.66. The summed E-state index contributed by atoms with van der Waals surface area (Å²) in [4.78, 5) is 28.4. The van der Waals surface area contributed by atoms with Crippen molar-refractivity contribution in [3.8, 4) is 0 Å². The zero-order chi connectivity index (χ0) is 29.4. The number of carbonyl (C=O) groups is 2. The van der Waals surface area contributed by atoms with Gasteiger partial charge in [-0.2, -0.15) is 0 Å². The Morgan fingerprint density at radius 2 is 1.57 bits per heavy atom. The van der Waals surface area contributed by atoms with Crippen LogP contribution in [-0.2, 0) is 26.2 Å². The highest BCUT2D eigenvalue weighted by Gasteiger charge is 2.33. The van der Waals surface area contributed by atoms with Crippen LogP contribution in [0.15, 0.2) is 76.1 Å². The topological polar surface area (TPSA) is 86.8 Å². The van der Waals surface area contributed by atoms with Crippen LogP contribution >= 0.6 is 39.1 Å². The number of nitrogens with one attached hydrogen (secondary N) is 1. The zero-order valence-electron chi connectivity index (χ0n) is 22.5. The molecule has 2 amide bonds. The Hall–Kier alpha value is -2.59. The van der Waals surface area contributed by atoms with E-state index in [-0.39, 0.29) is 17.3 Å². The van der Waals surface area contributed by atoms with Gasteiger partial charge in [0.25, 0.3) is 10.0 Å². The molecule has 0 aliphatic rings. The van der Waals surface area contributed by atoms with Gasteiger partial charge < -0.3 is 10.2 Å². The fourth-order valence-electron chi connectivity index (χ4n) is 3.95. The van der Waals surface area contributed by atoms with Crippen molar-refractivity contribution in [2.45, 2.75) is 51.1 Å². The van der Waals surface area contributed by atoms with Gasteiger partial charge >= 0.3 is 0 Å². The van der Waals surface area contributed by atoms with Crippen LogP contribution in [0, 0.1) is 6.92 Å². The smallest absolute Gasteiger partial charge is 0.264 e. The molecule has 11 heteroatoms. The van der Waals surface area contributed by atoms with Crippen molar-refractivity contribution < 1.29 is 18.0 Å². The van der Waals surface area contributed by atoms with E-state index in [1.807, 2.05) is 13.8 Å². The van der Waals surface area contributed by atoms with E-state index in [2.05, 4.69) is 21.2 Å². The second-order valence-electron chi connectivity index (χ2n) is 9.34. The Bertz CT molecular complexity index is 1410. The molecular weight excluding hydrogens is 637 g/mol. The van der Waals surface area contributed by atoms with Crippen molar-refractivity contribution >= 4 is 66.7 Å². The molecule has 0 aliphatic carbocycles. The Morgan fingerprint density at radius 1 is 0.975 bits per heavy atom. The second kappa shape index (κ2) is 14.3. The minimum absolute atomic E-state index is 0.0416. The summed E-state index contributed by atoms with van der Waals surface area (Å²) in [6.07, 6.45) is 1.68. The van der Waals surface area contributed by atoms with Gasteiger partial charge in [-0.3, -0.25) is 13.9 Å². The molecule has 1 N–H and O–H groups in total. The highest BCUT2D eigenvalue weighted by molar-refractivity contribution is 9.10. The van der Waals surface area contributed by atoms with Crippen LogP contribution in [0.4, 0.5) is 5.69 Å². The summed E-state index contributed by atoms with van der Waals surface area (Å²) < 4.78 is 29.5. The molecule has 7 nitrogen and oxygen atoms in total. The van der Waals surface area contributed by atoms with Crippen molar-refractivity contribution in [2.75, 3.05) is 17.4 Å². The number of hydrogen-bond donors (Lipinski definition) is 1. The summed E-state index contributed by atoms with van der Waals surface area (Å²) in [6.45, 7) is 5.29.